The molecule has 1 fully saturated rings. The summed E-state index contributed by atoms with van der Waals surface area (Å²) in [6, 6.07) is 7.26. The highest BCUT2D eigenvalue weighted by Crippen LogP contribution is 2.25. The molecular weight excluding hydrogens is 238 g/mol. The molecule has 1 amide bonds. The molecule has 92 valence electrons. The minimum atomic E-state index is -0.0217. The summed E-state index contributed by atoms with van der Waals surface area (Å²) < 4.78 is 0. The van der Waals surface area contributed by atoms with Gasteiger partial charge in [0.15, 0.2) is 0 Å². The largest absolute Gasteiger partial charge is 0.396 e. The second kappa shape index (κ2) is 5.52. The number of aliphatic hydroxyl groups is 1. The lowest BCUT2D eigenvalue weighted by atomic mass is 10.1. The zero-order chi connectivity index (χ0) is 12.3. The van der Waals surface area contributed by atoms with E-state index in [2.05, 4.69) is 0 Å². The van der Waals surface area contributed by atoms with Crippen LogP contribution in [0.1, 0.15) is 29.6 Å². The summed E-state index contributed by atoms with van der Waals surface area (Å²) in [5.74, 6) is -0.0217. The normalized spacial score (nSPS) is 19.6. The van der Waals surface area contributed by atoms with Gasteiger partial charge in [0.25, 0.3) is 5.91 Å². The van der Waals surface area contributed by atoms with E-state index in [0.717, 1.165) is 19.4 Å². The Morgan fingerprint density at radius 1 is 1.47 bits per heavy atom. The molecule has 17 heavy (non-hydrogen) atoms. The third-order valence-corrected chi connectivity index (χ3v) is 3.53. The molecule has 0 spiro atoms. The van der Waals surface area contributed by atoms with Crippen LogP contribution in [0.15, 0.2) is 24.3 Å². The highest BCUT2D eigenvalue weighted by Gasteiger charge is 2.29. The summed E-state index contributed by atoms with van der Waals surface area (Å²) in [5, 5.41) is 9.48. The van der Waals surface area contributed by atoms with Gasteiger partial charge in [-0.15, -0.1) is 0 Å². The van der Waals surface area contributed by atoms with Crippen molar-refractivity contribution in [2.24, 2.45) is 0 Å². The number of carbonyl (C=O) groups excluding carboxylic acids is 1. The number of aliphatic hydroxyl groups excluding tert-OH is 1. The third-order valence-electron chi connectivity index (χ3n) is 3.20. The third kappa shape index (κ3) is 2.61. The van der Waals surface area contributed by atoms with E-state index in [9.17, 15) is 4.79 Å². The van der Waals surface area contributed by atoms with Crippen LogP contribution in [-0.4, -0.2) is 35.1 Å². The van der Waals surface area contributed by atoms with Crippen LogP contribution in [0.25, 0.3) is 0 Å². The number of hydrogen-bond donors (Lipinski definition) is 1. The molecule has 2 rings (SSSR count). The Balaban J connectivity index is 2.17. The van der Waals surface area contributed by atoms with Gasteiger partial charge in [-0.05, 0) is 31.4 Å². The molecule has 1 aliphatic heterocycles. The lowest BCUT2D eigenvalue weighted by Gasteiger charge is -2.24. The Hall–Kier alpha value is -1.06. The van der Waals surface area contributed by atoms with Crippen molar-refractivity contribution < 1.29 is 9.90 Å². The SMILES string of the molecule is O=C(c1ccccc1Cl)N1CCCC1CCO. The maximum absolute atomic E-state index is 12.3. The van der Waals surface area contributed by atoms with Crippen LogP contribution in [0.5, 0.6) is 0 Å². The topological polar surface area (TPSA) is 40.5 Å². The van der Waals surface area contributed by atoms with E-state index in [-0.39, 0.29) is 18.6 Å². The maximum atomic E-state index is 12.3. The minimum absolute atomic E-state index is 0.0217. The molecule has 0 bridgehead atoms. The van der Waals surface area contributed by atoms with Crippen LogP contribution in [0.2, 0.25) is 5.02 Å². The van der Waals surface area contributed by atoms with E-state index in [1.807, 2.05) is 17.0 Å². The minimum Gasteiger partial charge on any atom is -0.396 e. The lowest BCUT2D eigenvalue weighted by molar-refractivity contribution is 0.0716. The lowest BCUT2D eigenvalue weighted by Crippen LogP contribution is -2.36. The molecule has 1 saturated heterocycles. The van der Waals surface area contributed by atoms with Crippen LogP contribution in [0.4, 0.5) is 0 Å². The molecule has 1 aromatic rings. The zero-order valence-electron chi connectivity index (χ0n) is 9.60. The van der Waals surface area contributed by atoms with E-state index in [1.165, 1.54) is 0 Å². The van der Waals surface area contributed by atoms with Crippen molar-refractivity contribution in [1.82, 2.24) is 4.90 Å². The molecular formula is C13H16ClNO2. The summed E-state index contributed by atoms with van der Waals surface area (Å²) in [7, 11) is 0. The van der Waals surface area contributed by atoms with Crippen molar-refractivity contribution in [3.8, 4) is 0 Å². The first-order chi connectivity index (χ1) is 8.24. The Kier molecular flexibility index (Phi) is 4.02. The van der Waals surface area contributed by atoms with Crippen molar-refractivity contribution in [3.05, 3.63) is 34.9 Å². The smallest absolute Gasteiger partial charge is 0.255 e. The summed E-state index contributed by atoms with van der Waals surface area (Å²) >= 11 is 6.03. The van der Waals surface area contributed by atoms with Gasteiger partial charge < -0.3 is 10.0 Å². The number of nitrogens with zero attached hydrogens (tertiary/aromatic N) is 1. The second-order valence-electron chi connectivity index (χ2n) is 4.29. The van der Waals surface area contributed by atoms with Crippen molar-refractivity contribution in [2.75, 3.05) is 13.2 Å². The van der Waals surface area contributed by atoms with Crippen LogP contribution in [0, 0.1) is 0 Å². The van der Waals surface area contributed by atoms with Gasteiger partial charge in [0.05, 0.1) is 10.6 Å². The summed E-state index contributed by atoms with van der Waals surface area (Å²) in [4.78, 5) is 14.1. The predicted octanol–water partition coefficient (Wildman–Crippen LogP) is 2.33. The number of benzene rings is 1. The van der Waals surface area contributed by atoms with Crippen LogP contribution < -0.4 is 0 Å². The molecule has 1 N–H and O–H groups in total. The molecule has 1 aromatic carbocycles. The van der Waals surface area contributed by atoms with E-state index < -0.39 is 0 Å². The monoisotopic (exact) mass is 253 g/mol. The van der Waals surface area contributed by atoms with Gasteiger partial charge in [0.2, 0.25) is 0 Å². The van der Waals surface area contributed by atoms with Gasteiger partial charge in [-0.3, -0.25) is 4.79 Å². The highest BCUT2D eigenvalue weighted by molar-refractivity contribution is 6.33. The maximum Gasteiger partial charge on any atom is 0.255 e. The average molecular weight is 254 g/mol. The van der Waals surface area contributed by atoms with Crippen molar-refractivity contribution in [2.45, 2.75) is 25.3 Å². The number of carbonyl (C=O) groups is 1. The number of halogens is 1. The van der Waals surface area contributed by atoms with Gasteiger partial charge >= 0.3 is 0 Å². The average Bonchev–Trinajstić information content (AvgIpc) is 2.78. The van der Waals surface area contributed by atoms with Crippen LogP contribution in [-0.2, 0) is 0 Å². The quantitative estimate of drug-likeness (QED) is 0.898. The van der Waals surface area contributed by atoms with Gasteiger partial charge in [0, 0.05) is 19.2 Å². The van der Waals surface area contributed by atoms with Gasteiger partial charge in [-0.2, -0.15) is 0 Å². The molecule has 1 aliphatic rings. The summed E-state index contributed by atoms with van der Waals surface area (Å²) in [6.07, 6.45) is 2.62. The molecule has 1 unspecified atom stereocenters. The van der Waals surface area contributed by atoms with Crippen molar-refractivity contribution in [3.63, 3.8) is 0 Å². The van der Waals surface area contributed by atoms with Crippen LogP contribution in [0.3, 0.4) is 0 Å². The van der Waals surface area contributed by atoms with E-state index >= 15 is 0 Å². The number of likely N-dealkylation sites (tertiary alicyclic amines) is 1. The van der Waals surface area contributed by atoms with Gasteiger partial charge in [-0.25, -0.2) is 0 Å². The van der Waals surface area contributed by atoms with Crippen LogP contribution >= 0.6 is 11.6 Å². The first-order valence-corrected chi connectivity index (χ1v) is 6.28. The van der Waals surface area contributed by atoms with E-state index in [4.69, 9.17) is 16.7 Å². The summed E-state index contributed by atoms with van der Waals surface area (Å²) in [5.41, 5.74) is 0.555. The number of rotatable bonds is 3. The van der Waals surface area contributed by atoms with E-state index in [0.29, 0.717) is 17.0 Å². The number of hydrogen-bond acceptors (Lipinski definition) is 2. The standard InChI is InChI=1S/C13H16ClNO2/c14-12-6-2-1-5-11(12)13(17)15-8-3-4-10(15)7-9-16/h1-2,5-6,10,16H,3-4,7-9H2. The Morgan fingerprint density at radius 3 is 2.94 bits per heavy atom. The molecule has 0 saturated carbocycles. The first kappa shape index (κ1) is 12.4. The molecule has 0 aromatic heterocycles. The van der Waals surface area contributed by atoms with E-state index in [1.54, 1.807) is 12.1 Å². The zero-order valence-corrected chi connectivity index (χ0v) is 10.4. The fraction of sp³-hybridized carbons (Fsp3) is 0.462. The molecule has 0 aliphatic carbocycles. The van der Waals surface area contributed by atoms with Crippen molar-refractivity contribution in [1.29, 1.82) is 0 Å². The molecule has 4 heteroatoms. The second-order valence-corrected chi connectivity index (χ2v) is 4.69. The van der Waals surface area contributed by atoms with Gasteiger partial charge in [0.1, 0.15) is 0 Å². The summed E-state index contributed by atoms with van der Waals surface area (Å²) in [6.45, 7) is 0.881. The van der Waals surface area contributed by atoms with Crippen molar-refractivity contribution >= 4 is 17.5 Å². The number of amides is 1. The fourth-order valence-corrected chi connectivity index (χ4v) is 2.56. The fourth-order valence-electron chi connectivity index (χ4n) is 2.34. The first-order valence-electron chi connectivity index (χ1n) is 5.90. The molecule has 0 radical (unpaired) electrons. The Morgan fingerprint density at radius 2 is 2.24 bits per heavy atom. The Labute approximate surface area is 106 Å². The Bertz CT molecular complexity index is 408. The van der Waals surface area contributed by atoms with Gasteiger partial charge in [-0.1, -0.05) is 23.7 Å². The predicted molar refractivity (Wildman–Crippen MR) is 67.2 cm³/mol. The molecule has 1 atom stereocenters. The molecule has 3 nitrogen and oxygen atoms in total. The molecule has 1 heterocycles. The highest BCUT2D eigenvalue weighted by atomic mass is 35.5.